The Morgan fingerprint density at radius 3 is 2.72 bits per heavy atom. The summed E-state index contributed by atoms with van der Waals surface area (Å²) in [7, 11) is 0. The van der Waals surface area contributed by atoms with Gasteiger partial charge in [0.2, 0.25) is 0 Å². The Morgan fingerprint density at radius 2 is 2.06 bits per heavy atom. The normalized spacial score (nSPS) is 10.7. The first-order chi connectivity index (χ1) is 8.65. The van der Waals surface area contributed by atoms with E-state index in [0.29, 0.717) is 30.4 Å². The van der Waals surface area contributed by atoms with E-state index in [-0.39, 0.29) is 0 Å². The summed E-state index contributed by atoms with van der Waals surface area (Å²) in [5.41, 5.74) is 0.548. The molecule has 0 aromatic heterocycles. The number of carbonyl (C=O) groups is 1. The molecule has 0 saturated heterocycles. The van der Waals surface area contributed by atoms with Crippen LogP contribution < -0.4 is 4.74 Å². The zero-order valence-corrected chi connectivity index (χ0v) is 12.4. The number of rotatable bonds is 8. The van der Waals surface area contributed by atoms with Crippen LogP contribution in [0.15, 0.2) is 22.7 Å². The van der Waals surface area contributed by atoms with E-state index in [2.05, 4.69) is 29.8 Å². The molecule has 1 aromatic rings. The molecule has 0 aliphatic carbocycles. The molecule has 0 unspecified atom stereocenters. The number of benzene rings is 1. The van der Waals surface area contributed by atoms with Crippen molar-refractivity contribution in [1.82, 2.24) is 0 Å². The maximum absolute atomic E-state index is 10.9. The van der Waals surface area contributed by atoms with Crippen LogP contribution in [0.25, 0.3) is 0 Å². The summed E-state index contributed by atoms with van der Waals surface area (Å²) >= 11 is 3.37. The molecule has 1 aromatic carbocycles. The average Bonchev–Trinajstić information content (AvgIpc) is 2.34. The van der Waals surface area contributed by atoms with Crippen LogP contribution in [0.1, 0.15) is 30.6 Å². The molecule has 0 amide bonds. The fraction of sp³-hybridized carbons (Fsp3) is 0.500. The summed E-state index contributed by atoms with van der Waals surface area (Å²) in [6, 6.07) is 5.38. The second-order valence-corrected chi connectivity index (χ2v) is 5.27. The molecule has 3 nitrogen and oxygen atoms in total. The summed E-state index contributed by atoms with van der Waals surface area (Å²) < 4.78 is 11.8. The van der Waals surface area contributed by atoms with Gasteiger partial charge in [-0.1, -0.05) is 19.9 Å². The van der Waals surface area contributed by atoms with Crippen LogP contribution in [0, 0.1) is 5.92 Å². The monoisotopic (exact) mass is 314 g/mol. The van der Waals surface area contributed by atoms with Crippen molar-refractivity contribution in [3.05, 3.63) is 28.2 Å². The Labute approximate surface area is 117 Å². The minimum atomic E-state index is 0.446. The molecule has 0 aliphatic heterocycles. The van der Waals surface area contributed by atoms with Crippen LogP contribution in [0.2, 0.25) is 0 Å². The Bertz CT molecular complexity index is 377. The van der Waals surface area contributed by atoms with Gasteiger partial charge in [-0.15, -0.1) is 0 Å². The predicted molar refractivity (Wildman–Crippen MR) is 75.3 cm³/mol. The quantitative estimate of drug-likeness (QED) is 0.542. The van der Waals surface area contributed by atoms with Crippen LogP contribution in [0.3, 0.4) is 0 Å². The average molecular weight is 315 g/mol. The SMILES string of the molecule is CC(C)CCOCCOc1c(Br)cccc1C=O. The maximum atomic E-state index is 10.9. The van der Waals surface area contributed by atoms with E-state index in [4.69, 9.17) is 9.47 Å². The minimum Gasteiger partial charge on any atom is -0.489 e. The minimum absolute atomic E-state index is 0.446. The second kappa shape index (κ2) is 8.27. The number of carbonyl (C=O) groups excluding carboxylic acids is 1. The Balaban J connectivity index is 2.33. The summed E-state index contributed by atoms with van der Waals surface area (Å²) in [6.07, 6.45) is 1.84. The third-order valence-corrected chi connectivity index (χ3v) is 3.06. The molecule has 0 spiro atoms. The molecule has 0 N–H and O–H groups in total. The zero-order valence-electron chi connectivity index (χ0n) is 10.8. The van der Waals surface area contributed by atoms with E-state index >= 15 is 0 Å². The van der Waals surface area contributed by atoms with Gasteiger partial charge in [-0.2, -0.15) is 0 Å². The standard InChI is InChI=1S/C14H19BrO3/c1-11(2)6-7-17-8-9-18-14-12(10-16)4-3-5-13(14)15/h3-5,10-11H,6-9H2,1-2H3. The van der Waals surface area contributed by atoms with E-state index < -0.39 is 0 Å². The summed E-state index contributed by atoms with van der Waals surface area (Å²) in [5.74, 6) is 1.23. The second-order valence-electron chi connectivity index (χ2n) is 4.42. The topological polar surface area (TPSA) is 35.5 Å². The van der Waals surface area contributed by atoms with Crippen molar-refractivity contribution in [1.29, 1.82) is 0 Å². The van der Waals surface area contributed by atoms with E-state index in [1.54, 1.807) is 12.1 Å². The van der Waals surface area contributed by atoms with Crippen molar-refractivity contribution >= 4 is 22.2 Å². The first kappa shape index (κ1) is 15.2. The van der Waals surface area contributed by atoms with E-state index in [9.17, 15) is 4.79 Å². The van der Waals surface area contributed by atoms with Crippen LogP contribution in [0.4, 0.5) is 0 Å². The molecule has 0 saturated carbocycles. The van der Waals surface area contributed by atoms with Crippen LogP contribution >= 0.6 is 15.9 Å². The van der Waals surface area contributed by atoms with Crippen molar-refractivity contribution in [3.8, 4) is 5.75 Å². The number of hydrogen-bond acceptors (Lipinski definition) is 3. The molecule has 18 heavy (non-hydrogen) atoms. The highest BCUT2D eigenvalue weighted by Crippen LogP contribution is 2.27. The summed E-state index contributed by atoms with van der Waals surface area (Å²) in [5, 5.41) is 0. The first-order valence-corrected chi connectivity index (χ1v) is 6.88. The lowest BCUT2D eigenvalue weighted by molar-refractivity contribution is 0.0915. The van der Waals surface area contributed by atoms with Crippen molar-refractivity contribution in [2.75, 3.05) is 19.8 Å². The number of para-hydroxylation sites is 1. The Hall–Kier alpha value is -0.870. The molecule has 1 rings (SSSR count). The van der Waals surface area contributed by atoms with Crippen molar-refractivity contribution in [2.45, 2.75) is 20.3 Å². The fourth-order valence-corrected chi connectivity index (χ4v) is 1.89. The lowest BCUT2D eigenvalue weighted by atomic mass is 10.1. The molecule has 4 heteroatoms. The van der Waals surface area contributed by atoms with E-state index in [1.165, 1.54) is 0 Å². The molecule has 0 radical (unpaired) electrons. The zero-order chi connectivity index (χ0) is 13.4. The Morgan fingerprint density at radius 1 is 1.28 bits per heavy atom. The third kappa shape index (κ3) is 5.19. The fourth-order valence-electron chi connectivity index (χ4n) is 1.39. The van der Waals surface area contributed by atoms with Crippen LogP contribution in [-0.4, -0.2) is 26.1 Å². The third-order valence-electron chi connectivity index (χ3n) is 2.44. The van der Waals surface area contributed by atoms with Gasteiger partial charge < -0.3 is 9.47 Å². The molecule has 100 valence electrons. The van der Waals surface area contributed by atoms with Crippen molar-refractivity contribution in [3.63, 3.8) is 0 Å². The largest absolute Gasteiger partial charge is 0.489 e. The highest BCUT2D eigenvalue weighted by molar-refractivity contribution is 9.10. The summed E-state index contributed by atoms with van der Waals surface area (Å²) in [6.45, 7) is 6.06. The van der Waals surface area contributed by atoms with Crippen molar-refractivity contribution in [2.24, 2.45) is 5.92 Å². The Kier molecular flexibility index (Phi) is 6.98. The van der Waals surface area contributed by atoms with Crippen LogP contribution in [0.5, 0.6) is 5.75 Å². The maximum Gasteiger partial charge on any atom is 0.153 e. The van der Waals surface area contributed by atoms with Gasteiger partial charge in [-0.05, 0) is 40.4 Å². The van der Waals surface area contributed by atoms with Gasteiger partial charge in [-0.25, -0.2) is 0 Å². The number of ether oxygens (including phenoxy) is 2. The number of aldehydes is 1. The van der Waals surface area contributed by atoms with Gasteiger partial charge in [0.15, 0.2) is 6.29 Å². The van der Waals surface area contributed by atoms with Crippen molar-refractivity contribution < 1.29 is 14.3 Å². The highest BCUT2D eigenvalue weighted by atomic mass is 79.9. The lowest BCUT2D eigenvalue weighted by Gasteiger charge is -2.11. The molecular weight excluding hydrogens is 296 g/mol. The number of halogens is 1. The van der Waals surface area contributed by atoms with Gasteiger partial charge in [0.25, 0.3) is 0 Å². The van der Waals surface area contributed by atoms with Gasteiger partial charge >= 0.3 is 0 Å². The number of hydrogen-bond donors (Lipinski definition) is 0. The van der Waals surface area contributed by atoms with E-state index in [0.717, 1.165) is 23.8 Å². The van der Waals surface area contributed by atoms with Gasteiger partial charge in [0, 0.05) is 6.61 Å². The molecule has 0 heterocycles. The molecule has 0 atom stereocenters. The van der Waals surface area contributed by atoms with Crippen LogP contribution in [-0.2, 0) is 4.74 Å². The molecule has 0 bridgehead atoms. The predicted octanol–water partition coefficient (Wildman–Crippen LogP) is 3.70. The first-order valence-electron chi connectivity index (χ1n) is 6.09. The summed E-state index contributed by atoms with van der Waals surface area (Å²) in [4.78, 5) is 10.9. The highest BCUT2D eigenvalue weighted by Gasteiger charge is 2.06. The molecular formula is C14H19BrO3. The smallest absolute Gasteiger partial charge is 0.153 e. The van der Waals surface area contributed by atoms with Gasteiger partial charge in [0.05, 0.1) is 16.6 Å². The van der Waals surface area contributed by atoms with E-state index in [1.807, 2.05) is 6.07 Å². The molecule has 0 aliphatic rings. The van der Waals surface area contributed by atoms with Gasteiger partial charge in [-0.3, -0.25) is 4.79 Å². The lowest BCUT2D eigenvalue weighted by Crippen LogP contribution is -2.09. The van der Waals surface area contributed by atoms with Gasteiger partial charge in [0.1, 0.15) is 12.4 Å². The molecule has 0 fully saturated rings.